The van der Waals surface area contributed by atoms with E-state index in [0.717, 1.165) is 35.2 Å². The predicted molar refractivity (Wildman–Crippen MR) is 180 cm³/mol. The molecule has 1 atom stereocenters. The smallest absolute Gasteiger partial charge is 0.0845 e. The van der Waals surface area contributed by atoms with Crippen LogP contribution in [0, 0.1) is 13.8 Å². The van der Waals surface area contributed by atoms with Crippen LogP contribution in [-0.4, -0.2) is 38.7 Å². The maximum Gasteiger partial charge on any atom is 0.0845 e. The van der Waals surface area contributed by atoms with Crippen molar-refractivity contribution >= 4 is 73.6 Å². The van der Waals surface area contributed by atoms with Crippen LogP contribution in [0.4, 0.5) is 0 Å². The van der Waals surface area contributed by atoms with Crippen molar-refractivity contribution in [2.45, 2.75) is 6.42 Å². The van der Waals surface area contributed by atoms with Crippen molar-refractivity contribution < 1.29 is 36.9 Å². The fourth-order valence-electron chi connectivity index (χ4n) is 0.647. The summed E-state index contributed by atoms with van der Waals surface area (Å²) in [6, 6.07) is 0. The normalized spacial score (nSPS) is 8.74. The van der Waals surface area contributed by atoms with Crippen LogP contribution in [0.1, 0.15) is 6.42 Å². The number of rotatable bonds is 17. The molecule has 0 fully saturated rings. The Balaban J connectivity index is -0.0000000752. The second-order valence-electron chi connectivity index (χ2n) is 4.56. The summed E-state index contributed by atoms with van der Waals surface area (Å²) in [4.78, 5) is 0. The van der Waals surface area contributed by atoms with Gasteiger partial charge in [-0.3, -0.25) is 0 Å². The van der Waals surface area contributed by atoms with E-state index in [1.807, 2.05) is 24.3 Å². The summed E-state index contributed by atoms with van der Waals surface area (Å²) >= 11 is 0. The van der Waals surface area contributed by atoms with Gasteiger partial charge in [0, 0.05) is 61.5 Å². The first-order valence-electron chi connectivity index (χ1n) is 9.60. The van der Waals surface area contributed by atoms with Crippen LogP contribution in [-0.2, 0) is 42.5 Å². The molecule has 0 aliphatic rings. The Morgan fingerprint density at radius 1 is 0.618 bits per heavy atom. The predicted octanol–water partition coefficient (Wildman–Crippen LogP) is 10.3. The number of hydrogen-bond donors (Lipinski definition) is 0. The number of allylic oxidation sites excluding steroid dienone is 2. The molecule has 0 aromatic rings. The van der Waals surface area contributed by atoms with Crippen LogP contribution in [0.15, 0.2) is 101 Å². The third-order valence-electron chi connectivity index (χ3n) is 1.70. The van der Waals surface area contributed by atoms with Crippen LogP contribution in [0.25, 0.3) is 0 Å². The van der Waals surface area contributed by atoms with Crippen molar-refractivity contribution in [2.75, 3.05) is 34.5 Å². The molecule has 1 nitrogen and oxygen atoms in total. The molecular weight excluding hydrogens is 630 g/mol. The molecule has 0 N–H and O–H groups in total. The molecule has 9 heteroatoms. The quantitative estimate of drug-likeness (QED) is 0.0654. The molecule has 0 heterocycles. The maximum absolute atomic E-state index is 10.8. The fourth-order valence-corrected chi connectivity index (χ4v) is 7.14. The Hall–Kier alpha value is 1.14. The van der Waals surface area contributed by atoms with E-state index in [0.29, 0.717) is 5.75 Å². The second-order valence-corrected chi connectivity index (χ2v) is 14.8. The summed E-state index contributed by atoms with van der Waals surface area (Å²) in [5.74, 6) is 5.42. The Bertz CT molecular complexity index is 464. The molecule has 0 saturated heterocycles. The van der Waals surface area contributed by atoms with Gasteiger partial charge in [0.2, 0.25) is 0 Å². The minimum Gasteiger partial charge on any atom is -0.340 e. The molecule has 0 aromatic heterocycles. The second kappa shape index (κ2) is 59.3. The van der Waals surface area contributed by atoms with Crippen LogP contribution in [0.3, 0.4) is 0 Å². The van der Waals surface area contributed by atoms with Crippen LogP contribution < -0.4 is 0 Å². The average molecular weight is 672 g/mol. The minimum absolute atomic E-state index is 0. The summed E-state index contributed by atoms with van der Waals surface area (Å²) in [6.07, 6.45) is 15.1. The molecule has 0 rings (SSSR count). The molecule has 0 saturated carbocycles. The van der Waals surface area contributed by atoms with Crippen LogP contribution in [0.5, 0.6) is 0 Å². The molecule has 0 aliphatic carbocycles. The van der Waals surface area contributed by atoms with Gasteiger partial charge >= 0.3 is 0 Å². The number of hydrogen-bond acceptors (Lipinski definition) is 7. The third-order valence-corrected chi connectivity index (χ3v) is 10.7. The third kappa shape index (κ3) is 84.4. The average Bonchev–Trinajstić information content (AvgIpc) is 2.82. The molecule has 195 valence electrons. The first-order valence-corrected chi connectivity index (χ1v) is 18.7. The van der Waals surface area contributed by atoms with E-state index in [1.165, 1.54) is 16.9 Å². The standard InChI is InChI=1S/C6H10OS2.C6H10S3.C6H10S2.C4H7.C3H5.Y/c1-3-5-8-9(7)6-4-2;1-3-5-7-9-8-6-4-2;1-3-5-7-8-6-4-2;1-3-4-2;1-3-2;/h2*3-4H,1-2,5-6H2;3-4H,1-2,5-6H2;3H,1-2,4H2;3H,1-2H2;/q;;;2*-1;. The maximum atomic E-state index is 10.8. The summed E-state index contributed by atoms with van der Waals surface area (Å²) < 4.78 is 10.8. The van der Waals surface area contributed by atoms with Gasteiger partial charge in [-0.25, -0.2) is 23.8 Å². The zero-order chi connectivity index (χ0) is 26.4. The van der Waals surface area contributed by atoms with E-state index in [2.05, 4.69) is 66.5 Å². The van der Waals surface area contributed by atoms with Crippen molar-refractivity contribution in [3.8, 4) is 0 Å². The molecule has 1 unspecified atom stereocenters. The van der Waals surface area contributed by atoms with E-state index in [9.17, 15) is 4.21 Å². The molecule has 0 aromatic carbocycles. The van der Waals surface area contributed by atoms with Gasteiger partial charge in [0.15, 0.2) is 0 Å². The van der Waals surface area contributed by atoms with Gasteiger partial charge < -0.3 is 6.92 Å². The Kier molecular flexibility index (Phi) is 84.2. The summed E-state index contributed by atoms with van der Waals surface area (Å²) in [5.41, 5.74) is 0. The zero-order valence-electron chi connectivity index (χ0n) is 20.5. The summed E-state index contributed by atoms with van der Waals surface area (Å²) in [7, 11) is 9.61. The monoisotopic (exact) mass is 671 g/mol. The van der Waals surface area contributed by atoms with Crippen molar-refractivity contribution in [1.82, 2.24) is 0 Å². The topological polar surface area (TPSA) is 17.1 Å². The zero-order valence-corrected chi connectivity index (χ0v) is 29.0. The summed E-state index contributed by atoms with van der Waals surface area (Å²) in [6.45, 7) is 34.8. The summed E-state index contributed by atoms with van der Waals surface area (Å²) in [5, 5.41) is 0. The van der Waals surface area contributed by atoms with Gasteiger partial charge in [0.1, 0.15) is 0 Å². The largest absolute Gasteiger partial charge is 0.340 e. The molecule has 34 heavy (non-hydrogen) atoms. The van der Waals surface area contributed by atoms with Gasteiger partial charge in [-0.15, -0.1) is 52.1 Å². The van der Waals surface area contributed by atoms with E-state index in [1.54, 1.807) is 71.2 Å². The molecule has 0 amide bonds. The van der Waals surface area contributed by atoms with Gasteiger partial charge in [-0.05, 0) is 9.83 Å². The Morgan fingerprint density at radius 3 is 1.21 bits per heavy atom. The van der Waals surface area contributed by atoms with E-state index in [-0.39, 0.29) is 32.7 Å². The van der Waals surface area contributed by atoms with Crippen LogP contribution >= 0.6 is 63.8 Å². The first kappa shape index (κ1) is 48.2. The molecular formula is C25H42OS7Y-2. The van der Waals surface area contributed by atoms with Gasteiger partial charge in [0.25, 0.3) is 0 Å². The van der Waals surface area contributed by atoms with Crippen molar-refractivity contribution in [3.05, 3.63) is 115 Å². The van der Waals surface area contributed by atoms with Gasteiger partial charge in [0.05, 0.1) is 15.6 Å². The van der Waals surface area contributed by atoms with E-state index >= 15 is 0 Å². The molecule has 0 aliphatic heterocycles. The fraction of sp³-hybridized carbons (Fsp3) is 0.280. The van der Waals surface area contributed by atoms with E-state index < -0.39 is 9.83 Å². The van der Waals surface area contributed by atoms with Crippen molar-refractivity contribution in [2.24, 2.45) is 0 Å². The van der Waals surface area contributed by atoms with E-state index in [4.69, 9.17) is 0 Å². The Labute approximate surface area is 263 Å². The molecule has 1 radical (unpaired) electrons. The van der Waals surface area contributed by atoms with Crippen molar-refractivity contribution in [3.63, 3.8) is 0 Å². The van der Waals surface area contributed by atoms with Crippen LogP contribution in [0.2, 0.25) is 0 Å². The Morgan fingerprint density at radius 2 is 0.941 bits per heavy atom. The van der Waals surface area contributed by atoms with Gasteiger partial charge in [-0.1, -0.05) is 90.4 Å². The minimum atomic E-state index is -0.793. The first-order chi connectivity index (χ1) is 16.0. The molecule has 0 bridgehead atoms. The van der Waals surface area contributed by atoms with Crippen molar-refractivity contribution in [1.29, 1.82) is 0 Å². The molecule has 0 spiro atoms. The van der Waals surface area contributed by atoms with Gasteiger partial charge in [-0.2, -0.15) is 6.42 Å². The SMILES string of the molecule is C=CCSS(=O)CC=C.C=CCSSCC=C.C=CCSSSCC=C.C=CC[CH2-].C=C[CH2-].[Y].